The summed E-state index contributed by atoms with van der Waals surface area (Å²) in [6, 6.07) is 11.1. The monoisotopic (exact) mass is 433 g/mol. The predicted molar refractivity (Wildman–Crippen MR) is 125 cm³/mol. The number of rotatable bonds is 6. The number of carbonyl (C=O) groups excluding carboxylic acids is 1. The van der Waals surface area contributed by atoms with Crippen LogP contribution in [0.25, 0.3) is 0 Å². The summed E-state index contributed by atoms with van der Waals surface area (Å²) in [5.74, 6) is 0.668. The molecule has 0 atom stereocenters. The lowest BCUT2D eigenvalue weighted by Crippen LogP contribution is -2.56. The van der Waals surface area contributed by atoms with Gasteiger partial charge in [0.05, 0.1) is 24.0 Å². The zero-order valence-electron chi connectivity index (χ0n) is 19.4. The number of carbonyl (C=O) groups is 1. The number of hydrogen-bond donors (Lipinski definition) is 0. The highest BCUT2D eigenvalue weighted by Gasteiger charge is 2.54. The van der Waals surface area contributed by atoms with Gasteiger partial charge >= 0.3 is 6.03 Å². The van der Waals surface area contributed by atoms with Crippen LogP contribution in [0.15, 0.2) is 48.9 Å². The Morgan fingerprint density at radius 3 is 2.41 bits per heavy atom. The molecule has 0 N–H and O–H groups in total. The van der Waals surface area contributed by atoms with Gasteiger partial charge in [0.25, 0.3) is 0 Å². The van der Waals surface area contributed by atoms with Crippen molar-refractivity contribution in [2.75, 3.05) is 27.2 Å². The molecule has 5 rings (SSSR count). The zero-order chi connectivity index (χ0) is 22.2. The molecule has 0 radical (unpaired) electrons. The lowest BCUT2D eigenvalue weighted by Gasteiger charge is -2.51. The van der Waals surface area contributed by atoms with Crippen molar-refractivity contribution in [3.05, 3.63) is 60.2 Å². The maximum absolute atomic E-state index is 13.6. The minimum Gasteiger partial charge on any atom is -0.317 e. The lowest BCUT2D eigenvalue weighted by atomic mass is 9.68. The summed E-state index contributed by atoms with van der Waals surface area (Å²) in [7, 11) is 4.41. The van der Waals surface area contributed by atoms with Crippen molar-refractivity contribution in [3.8, 4) is 0 Å². The maximum atomic E-state index is 13.6. The van der Waals surface area contributed by atoms with E-state index in [1.165, 1.54) is 24.8 Å². The molecule has 1 aromatic carbocycles. The molecule has 3 fully saturated rings. The minimum atomic E-state index is -0.0663. The van der Waals surface area contributed by atoms with Crippen LogP contribution in [0.1, 0.15) is 56.2 Å². The first-order chi connectivity index (χ1) is 15.5. The topological polar surface area (TPSA) is 52.6 Å². The fourth-order valence-corrected chi connectivity index (χ4v) is 6.12. The average molecular weight is 434 g/mol. The Morgan fingerprint density at radius 2 is 1.81 bits per heavy atom. The SMILES string of the molecule is CN(C)C1(c2ccccc2)CCC2(CC1)CN(Cc1cnccn1)C(=O)N2CC1CCC1. The Kier molecular flexibility index (Phi) is 5.66. The summed E-state index contributed by atoms with van der Waals surface area (Å²) in [6.45, 7) is 2.26. The molecule has 3 aliphatic rings. The van der Waals surface area contributed by atoms with Crippen molar-refractivity contribution in [1.82, 2.24) is 24.7 Å². The third-order valence-corrected chi connectivity index (χ3v) is 8.37. The van der Waals surface area contributed by atoms with Gasteiger partial charge in [-0.15, -0.1) is 0 Å². The number of benzene rings is 1. The molecule has 6 heteroatoms. The fraction of sp³-hybridized carbons (Fsp3) is 0.577. The van der Waals surface area contributed by atoms with Crippen LogP contribution in [0.2, 0.25) is 0 Å². The summed E-state index contributed by atoms with van der Waals surface area (Å²) in [4.78, 5) is 28.9. The van der Waals surface area contributed by atoms with Gasteiger partial charge < -0.3 is 9.80 Å². The molecule has 1 aliphatic heterocycles. The van der Waals surface area contributed by atoms with E-state index in [0.717, 1.165) is 44.5 Å². The van der Waals surface area contributed by atoms with E-state index in [2.05, 4.69) is 64.2 Å². The standard InChI is InChI=1S/C26H35N5O/c1-29(2)26(22-9-4-3-5-10-22)13-11-25(12-14-26)20-30(19-23-17-27-15-16-28-23)24(32)31(25)18-21-7-6-8-21/h3-5,9-10,15-17,21H,6-8,11-14,18-20H2,1-2H3. The second kappa shape index (κ2) is 8.47. The third kappa shape index (κ3) is 3.68. The highest BCUT2D eigenvalue weighted by Crippen LogP contribution is 2.49. The van der Waals surface area contributed by atoms with Crippen molar-refractivity contribution in [1.29, 1.82) is 0 Å². The number of aromatic nitrogens is 2. The van der Waals surface area contributed by atoms with Crippen molar-refractivity contribution >= 4 is 6.03 Å². The van der Waals surface area contributed by atoms with Crippen LogP contribution in [0.4, 0.5) is 4.79 Å². The van der Waals surface area contributed by atoms with E-state index in [4.69, 9.17) is 0 Å². The van der Waals surface area contributed by atoms with Gasteiger partial charge in [0, 0.05) is 31.0 Å². The number of hydrogen-bond acceptors (Lipinski definition) is 4. The van der Waals surface area contributed by atoms with E-state index in [1.54, 1.807) is 18.6 Å². The van der Waals surface area contributed by atoms with Gasteiger partial charge in [-0.25, -0.2) is 4.79 Å². The molecule has 2 aliphatic carbocycles. The van der Waals surface area contributed by atoms with Gasteiger partial charge in [-0.05, 0) is 64.1 Å². The highest BCUT2D eigenvalue weighted by atomic mass is 16.2. The second-order valence-electron chi connectivity index (χ2n) is 10.3. The first-order valence-electron chi connectivity index (χ1n) is 12.1. The molecule has 2 saturated carbocycles. The molecule has 1 saturated heterocycles. The Labute approximate surface area is 191 Å². The molecule has 6 nitrogen and oxygen atoms in total. The van der Waals surface area contributed by atoms with Gasteiger partial charge in [0.2, 0.25) is 0 Å². The lowest BCUT2D eigenvalue weighted by molar-refractivity contribution is 0.0159. The van der Waals surface area contributed by atoms with Gasteiger partial charge in [0.15, 0.2) is 0 Å². The van der Waals surface area contributed by atoms with Crippen LogP contribution >= 0.6 is 0 Å². The summed E-state index contributed by atoms with van der Waals surface area (Å²) in [5, 5.41) is 0. The Morgan fingerprint density at radius 1 is 1.06 bits per heavy atom. The van der Waals surface area contributed by atoms with Gasteiger partial charge in [0.1, 0.15) is 0 Å². The molecule has 0 bridgehead atoms. The highest BCUT2D eigenvalue weighted by molar-refractivity contribution is 5.78. The molecular weight excluding hydrogens is 398 g/mol. The first-order valence-corrected chi connectivity index (χ1v) is 12.1. The van der Waals surface area contributed by atoms with Gasteiger partial charge in [-0.3, -0.25) is 14.9 Å². The molecule has 1 spiro atoms. The van der Waals surface area contributed by atoms with Crippen LogP contribution in [0, 0.1) is 5.92 Å². The number of amides is 2. The van der Waals surface area contributed by atoms with E-state index in [-0.39, 0.29) is 17.1 Å². The largest absolute Gasteiger partial charge is 0.320 e. The zero-order valence-corrected chi connectivity index (χ0v) is 19.4. The van der Waals surface area contributed by atoms with Crippen LogP contribution in [-0.4, -0.2) is 63.4 Å². The van der Waals surface area contributed by atoms with Crippen molar-refractivity contribution < 1.29 is 4.79 Å². The van der Waals surface area contributed by atoms with E-state index in [9.17, 15) is 4.79 Å². The van der Waals surface area contributed by atoms with Gasteiger partial charge in [-0.1, -0.05) is 36.8 Å². The Bertz CT molecular complexity index is 920. The average Bonchev–Trinajstić information content (AvgIpc) is 3.03. The second-order valence-corrected chi connectivity index (χ2v) is 10.3. The van der Waals surface area contributed by atoms with Crippen molar-refractivity contribution in [2.45, 2.75) is 62.6 Å². The Hall–Kier alpha value is -2.47. The van der Waals surface area contributed by atoms with Crippen LogP contribution in [-0.2, 0) is 12.1 Å². The minimum absolute atomic E-state index is 0.0377. The summed E-state index contributed by atoms with van der Waals surface area (Å²) in [5.41, 5.74) is 2.23. The summed E-state index contributed by atoms with van der Waals surface area (Å²) >= 11 is 0. The van der Waals surface area contributed by atoms with Crippen LogP contribution in [0.3, 0.4) is 0 Å². The van der Waals surface area contributed by atoms with Gasteiger partial charge in [-0.2, -0.15) is 0 Å². The molecule has 0 unspecified atom stereocenters. The van der Waals surface area contributed by atoms with Crippen LogP contribution < -0.4 is 0 Å². The summed E-state index contributed by atoms with van der Waals surface area (Å²) in [6.07, 6.45) is 13.2. The normalized spacial score (nSPS) is 28.5. The number of nitrogens with zero attached hydrogens (tertiary/aromatic N) is 5. The van der Waals surface area contributed by atoms with Crippen LogP contribution in [0.5, 0.6) is 0 Å². The van der Waals surface area contributed by atoms with E-state index in [1.807, 2.05) is 4.90 Å². The van der Waals surface area contributed by atoms with Crippen molar-refractivity contribution in [3.63, 3.8) is 0 Å². The molecule has 32 heavy (non-hydrogen) atoms. The number of urea groups is 1. The molecular formula is C26H35N5O. The summed E-state index contributed by atoms with van der Waals surface area (Å²) < 4.78 is 0. The van der Waals surface area contributed by atoms with E-state index >= 15 is 0 Å². The third-order valence-electron chi connectivity index (χ3n) is 8.37. The maximum Gasteiger partial charge on any atom is 0.320 e. The molecule has 2 amide bonds. The molecule has 2 heterocycles. The Balaban J connectivity index is 1.40. The van der Waals surface area contributed by atoms with E-state index in [0.29, 0.717) is 12.5 Å². The molecule has 2 aromatic rings. The molecule has 1 aromatic heterocycles. The smallest absolute Gasteiger partial charge is 0.317 e. The van der Waals surface area contributed by atoms with E-state index < -0.39 is 0 Å². The van der Waals surface area contributed by atoms with Crippen molar-refractivity contribution in [2.24, 2.45) is 5.92 Å². The first kappa shape index (κ1) is 21.4. The predicted octanol–water partition coefficient (Wildman–Crippen LogP) is 4.28. The molecule has 170 valence electrons. The fourth-order valence-electron chi connectivity index (χ4n) is 6.12. The quantitative estimate of drug-likeness (QED) is 0.682.